The molecule has 0 aliphatic heterocycles. The maximum absolute atomic E-state index is 6.16. The van der Waals surface area contributed by atoms with E-state index < -0.39 is 0 Å². The number of hydrogen-bond donors (Lipinski definition) is 1. The van der Waals surface area contributed by atoms with Gasteiger partial charge in [0.15, 0.2) is 0 Å². The van der Waals surface area contributed by atoms with E-state index in [-0.39, 0.29) is 0 Å². The quantitative estimate of drug-likeness (QED) is 0.843. The van der Waals surface area contributed by atoms with E-state index in [1.54, 1.807) is 11.3 Å². The summed E-state index contributed by atoms with van der Waals surface area (Å²) in [5.41, 5.74) is 2.47. The van der Waals surface area contributed by atoms with Gasteiger partial charge in [0.2, 0.25) is 0 Å². The topological polar surface area (TPSA) is 15.3 Å². The van der Waals surface area contributed by atoms with Crippen molar-refractivity contribution in [2.24, 2.45) is 0 Å². The second-order valence-electron chi connectivity index (χ2n) is 5.24. The molecule has 0 radical (unpaired) electrons. The van der Waals surface area contributed by atoms with E-state index in [2.05, 4.69) is 54.7 Å². The van der Waals surface area contributed by atoms with Crippen LogP contribution in [0.3, 0.4) is 0 Å². The van der Waals surface area contributed by atoms with Crippen LogP contribution in [0.4, 0.5) is 5.69 Å². The highest BCUT2D eigenvalue weighted by Crippen LogP contribution is 2.26. The van der Waals surface area contributed by atoms with Gasteiger partial charge in [-0.25, -0.2) is 0 Å². The van der Waals surface area contributed by atoms with Crippen LogP contribution in [0, 0.1) is 0 Å². The summed E-state index contributed by atoms with van der Waals surface area (Å²) in [6.45, 7) is 6.08. The minimum Gasteiger partial charge on any atom is -0.369 e. The smallest absolute Gasteiger partial charge is 0.0519 e. The van der Waals surface area contributed by atoms with Crippen molar-refractivity contribution in [3.05, 3.63) is 51.2 Å². The maximum Gasteiger partial charge on any atom is 0.0519 e. The van der Waals surface area contributed by atoms with Crippen molar-refractivity contribution >= 4 is 28.6 Å². The van der Waals surface area contributed by atoms with Gasteiger partial charge >= 0.3 is 0 Å². The Morgan fingerprint density at radius 1 is 1.30 bits per heavy atom. The lowest BCUT2D eigenvalue weighted by Gasteiger charge is -2.23. The SMILES string of the molecule is CC(C)NCc1ccc(Cl)cc1N(C)Cc1cccs1. The molecule has 4 heteroatoms. The molecule has 0 saturated heterocycles. The summed E-state index contributed by atoms with van der Waals surface area (Å²) in [6, 6.07) is 10.8. The van der Waals surface area contributed by atoms with Gasteiger partial charge in [-0.05, 0) is 29.1 Å². The number of rotatable bonds is 6. The second-order valence-corrected chi connectivity index (χ2v) is 6.71. The molecule has 1 N–H and O–H groups in total. The van der Waals surface area contributed by atoms with Crippen LogP contribution < -0.4 is 10.2 Å². The molecular weight excluding hydrogens is 288 g/mol. The lowest BCUT2D eigenvalue weighted by atomic mass is 10.1. The average molecular weight is 309 g/mol. The highest BCUT2D eigenvalue weighted by molar-refractivity contribution is 7.09. The third kappa shape index (κ3) is 4.23. The van der Waals surface area contributed by atoms with E-state index in [4.69, 9.17) is 11.6 Å². The summed E-state index contributed by atoms with van der Waals surface area (Å²) in [5, 5.41) is 6.37. The Labute approximate surface area is 130 Å². The number of anilines is 1. The maximum atomic E-state index is 6.16. The van der Waals surface area contributed by atoms with E-state index in [1.165, 1.54) is 16.1 Å². The van der Waals surface area contributed by atoms with Gasteiger partial charge in [-0.15, -0.1) is 11.3 Å². The Kier molecular flexibility index (Phi) is 5.46. The highest BCUT2D eigenvalue weighted by atomic mass is 35.5. The van der Waals surface area contributed by atoms with Crippen molar-refractivity contribution in [3.8, 4) is 0 Å². The second kappa shape index (κ2) is 7.11. The number of benzene rings is 1. The third-order valence-corrected chi connectivity index (χ3v) is 4.23. The molecule has 0 amide bonds. The lowest BCUT2D eigenvalue weighted by molar-refractivity contribution is 0.588. The molecule has 0 bridgehead atoms. The van der Waals surface area contributed by atoms with Gasteiger partial charge in [0, 0.05) is 35.2 Å². The Hall–Kier alpha value is -1.03. The molecule has 1 aromatic heterocycles. The molecule has 1 heterocycles. The Morgan fingerprint density at radius 2 is 2.10 bits per heavy atom. The van der Waals surface area contributed by atoms with Crippen LogP contribution in [0.25, 0.3) is 0 Å². The van der Waals surface area contributed by atoms with E-state index in [9.17, 15) is 0 Å². The Bertz CT molecular complexity index is 537. The molecule has 0 spiro atoms. The van der Waals surface area contributed by atoms with E-state index in [1.807, 2.05) is 12.1 Å². The van der Waals surface area contributed by atoms with Crippen molar-refractivity contribution in [3.63, 3.8) is 0 Å². The van der Waals surface area contributed by atoms with Gasteiger partial charge in [0.25, 0.3) is 0 Å². The number of hydrogen-bond acceptors (Lipinski definition) is 3. The zero-order valence-electron chi connectivity index (χ0n) is 12.2. The number of thiophene rings is 1. The average Bonchev–Trinajstić information content (AvgIpc) is 2.89. The molecule has 108 valence electrons. The number of halogens is 1. The summed E-state index contributed by atoms with van der Waals surface area (Å²) in [7, 11) is 2.12. The fraction of sp³-hybridized carbons (Fsp3) is 0.375. The van der Waals surface area contributed by atoms with Crippen LogP contribution in [-0.4, -0.2) is 13.1 Å². The molecule has 2 rings (SSSR count). The lowest BCUT2D eigenvalue weighted by Crippen LogP contribution is -2.24. The molecule has 0 aliphatic carbocycles. The monoisotopic (exact) mass is 308 g/mol. The predicted octanol–water partition coefficient (Wildman–Crippen LogP) is 4.54. The van der Waals surface area contributed by atoms with Gasteiger partial charge in [-0.3, -0.25) is 0 Å². The molecule has 2 aromatic rings. The molecule has 0 unspecified atom stereocenters. The summed E-state index contributed by atoms with van der Waals surface area (Å²) in [4.78, 5) is 3.62. The Morgan fingerprint density at radius 3 is 2.75 bits per heavy atom. The van der Waals surface area contributed by atoms with Crippen molar-refractivity contribution in [2.45, 2.75) is 33.0 Å². The number of nitrogens with one attached hydrogen (secondary N) is 1. The Balaban J connectivity index is 2.17. The summed E-state index contributed by atoms with van der Waals surface area (Å²) >= 11 is 7.94. The van der Waals surface area contributed by atoms with E-state index in [0.29, 0.717) is 6.04 Å². The first kappa shape index (κ1) is 15.4. The largest absolute Gasteiger partial charge is 0.369 e. The number of nitrogens with zero attached hydrogens (tertiary/aromatic N) is 1. The van der Waals surface area contributed by atoms with Gasteiger partial charge in [-0.2, -0.15) is 0 Å². The summed E-state index contributed by atoms with van der Waals surface area (Å²) < 4.78 is 0. The van der Waals surface area contributed by atoms with Crippen molar-refractivity contribution < 1.29 is 0 Å². The predicted molar refractivity (Wildman–Crippen MR) is 89.9 cm³/mol. The normalized spacial score (nSPS) is 11.1. The summed E-state index contributed by atoms with van der Waals surface area (Å²) in [5.74, 6) is 0. The molecular formula is C16H21ClN2S. The first-order chi connectivity index (χ1) is 9.56. The molecule has 0 fully saturated rings. The fourth-order valence-electron chi connectivity index (χ4n) is 2.08. The molecule has 1 aromatic carbocycles. The van der Waals surface area contributed by atoms with Crippen LogP contribution in [-0.2, 0) is 13.1 Å². The van der Waals surface area contributed by atoms with Crippen LogP contribution in [0.2, 0.25) is 5.02 Å². The van der Waals surface area contributed by atoms with Crippen LogP contribution in [0.5, 0.6) is 0 Å². The van der Waals surface area contributed by atoms with E-state index >= 15 is 0 Å². The van der Waals surface area contributed by atoms with Crippen molar-refractivity contribution in [2.75, 3.05) is 11.9 Å². The fourth-order valence-corrected chi connectivity index (χ4v) is 3.00. The van der Waals surface area contributed by atoms with Crippen molar-refractivity contribution in [1.29, 1.82) is 0 Å². The zero-order chi connectivity index (χ0) is 14.5. The minimum absolute atomic E-state index is 0.473. The minimum atomic E-state index is 0.473. The van der Waals surface area contributed by atoms with Crippen LogP contribution in [0.1, 0.15) is 24.3 Å². The van der Waals surface area contributed by atoms with Crippen molar-refractivity contribution in [1.82, 2.24) is 5.32 Å². The van der Waals surface area contributed by atoms with Crippen LogP contribution >= 0.6 is 22.9 Å². The van der Waals surface area contributed by atoms with Crippen LogP contribution in [0.15, 0.2) is 35.7 Å². The standard InChI is InChI=1S/C16H21ClN2S/c1-12(2)18-10-13-6-7-14(17)9-16(13)19(3)11-15-5-4-8-20-15/h4-9,12,18H,10-11H2,1-3H3. The zero-order valence-corrected chi connectivity index (χ0v) is 13.8. The molecule has 0 atom stereocenters. The van der Waals surface area contributed by atoms with E-state index in [0.717, 1.165) is 18.1 Å². The molecule has 0 aliphatic rings. The molecule has 2 nitrogen and oxygen atoms in total. The third-order valence-electron chi connectivity index (χ3n) is 3.13. The van der Waals surface area contributed by atoms with Gasteiger partial charge < -0.3 is 10.2 Å². The van der Waals surface area contributed by atoms with Gasteiger partial charge in [0.1, 0.15) is 0 Å². The molecule has 20 heavy (non-hydrogen) atoms. The van der Waals surface area contributed by atoms with Gasteiger partial charge in [0.05, 0.1) is 6.54 Å². The molecule has 0 saturated carbocycles. The summed E-state index contributed by atoms with van der Waals surface area (Å²) in [6.07, 6.45) is 0. The first-order valence-corrected chi connectivity index (χ1v) is 8.07. The first-order valence-electron chi connectivity index (χ1n) is 6.81. The van der Waals surface area contributed by atoms with Gasteiger partial charge in [-0.1, -0.05) is 37.6 Å². The highest BCUT2D eigenvalue weighted by Gasteiger charge is 2.10.